The van der Waals surface area contributed by atoms with Gasteiger partial charge in [0.2, 0.25) is 10.0 Å². The van der Waals surface area contributed by atoms with Crippen LogP contribution < -0.4 is 10.0 Å². The molecule has 3 aromatic rings. The first-order valence-corrected chi connectivity index (χ1v) is 15.7. The zero-order valence-corrected chi connectivity index (χ0v) is 25.3. The maximum atomic E-state index is 14.2. The Morgan fingerprint density at radius 3 is 2.39 bits per heavy atom. The van der Waals surface area contributed by atoms with Gasteiger partial charge in [-0.25, -0.2) is 8.42 Å². The van der Waals surface area contributed by atoms with Gasteiger partial charge in [0, 0.05) is 30.6 Å². The van der Waals surface area contributed by atoms with Gasteiger partial charge in [0.05, 0.1) is 18.0 Å². The first-order valence-electron chi connectivity index (χ1n) is 13.4. The third kappa shape index (κ3) is 7.47. The Bertz CT molecular complexity index is 1540. The van der Waals surface area contributed by atoms with Gasteiger partial charge in [-0.2, -0.15) is 0 Å². The highest BCUT2D eigenvalue weighted by Crippen LogP contribution is 2.28. The van der Waals surface area contributed by atoms with Crippen molar-refractivity contribution in [2.45, 2.75) is 51.3 Å². The van der Waals surface area contributed by atoms with E-state index in [0.717, 1.165) is 27.3 Å². The molecule has 41 heavy (non-hydrogen) atoms. The molecule has 0 saturated carbocycles. The summed E-state index contributed by atoms with van der Waals surface area (Å²) in [6.07, 6.45) is 2.77. The molecule has 0 radical (unpaired) electrons. The average molecular weight is 598 g/mol. The largest absolute Gasteiger partial charge is 0.459 e. The van der Waals surface area contributed by atoms with Crippen molar-refractivity contribution in [2.24, 2.45) is 5.73 Å². The third-order valence-electron chi connectivity index (χ3n) is 7.43. The van der Waals surface area contributed by atoms with Crippen LogP contribution in [0.5, 0.6) is 0 Å². The minimum atomic E-state index is -3.63. The van der Waals surface area contributed by atoms with Crippen LogP contribution in [0.3, 0.4) is 0 Å². The van der Waals surface area contributed by atoms with Gasteiger partial charge in [0.15, 0.2) is 0 Å². The van der Waals surface area contributed by atoms with Crippen LogP contribution in [0.15, 0.2) is 66.7 Å². The number of rotatable bonds is 4. The zero-order valence-electron chi connectivity index (χ0n) is 23.8. The Balaban J connectivity index is 1.80. The molecule has 0 aromatic heterocycles. The second-order valence-electron chi connectivity index (χ2n) is 10.9. The van der Waals surface area contributed by atoms with Crippen molar-refractivity contribution >= 4 is 39.2 Å². The number of carbonyl (C=O) groups is 2. The lowest BCUT2D eigenvalue weighted by Gasteiger charge is -2.31. The fraction of sp³-hybridized carbons (Fsp3) is 0.355. The molecule has 0 fully saturated rings. The van der Waals surface area contributed by atoms with Crippen molar-refractivity contribution in [1.82, 2.24) is 4.90 Å². The van der Waals surface area contributed by atoms with Gasteiger partial charge in [0.1, 0.15) is 12.1 Å². The summed E-state index contributed by atoms with van der Waals surface area (Å²) in [6, 6.07) is 19.8. The molecule has 1 amide bonds. The van der Waals surface area contributed by atoms with E-state index in [4.69, 9.17) is 22.1 Å². The van der Waals surface area contributed by atoms with Gasteiger partial charge in [0.25, 0.3) is 5.91 Å². The molecule has 4 bridgehead atoms. The number of esters is 1. The number of fused-ring (bicyclic) bond motifs is 4. The van der Waals surface area contributed by atoms with E-state index in [-0.39, 0.29) is 29.8 Å². The van der Waals surface area contributed by atoms with Crippen molar-refractivity contribution < 1.29 is 22.7 Å². The summed E-state index contributed by atoms with van der Waals surface area (Å²) >= 11 is 6.12. The number of nitrogens with zero attached hydrogens (tertiary/aromatic N) is 2. The number of sulfonamides is 1. The Kier molecular flexibility index (Phi) is 9.11. The van der Waals surface area contributed by atoms with Crippen molar-refractivity contribution in [2.75, 3.05) is 24.2 Å². The van der Waals surface area contributed by atoms with Crippen molar-refractivity contribution in [1.29, 1.82) is 0 Å². The van der Waals surface area contributed by atoms with Gasteiger partial charge >= 0.3 is 5.97 Å². The first kappa shape index (κ1) is 30.6. The predicted molar refractivity (Wildman–Crippen MR) is 161 cm³/mol. The number of halogens is 1. The minimum absolute atomic E-state index is 0.176. The molecule has 1 heterocycles. The van der Waals surface area contributed by atoms with E-state index < -0.39 is 21.5 Å². The molecule has 2 N–H and O–H groups in total. The van der Waals surface area contributed by atoms with Crippen LogP contribution in [-0.4, -0.2) is 50.6 Å². The summed E-state index contributed by atoms with van der Waals surface area (Å²) in [5, 5.41) is 0.601. The number of benzene rings is 3. The molecule has 2 atom stereocenters. The lowest BCUT2D eigenvalue weighted by atomic mass is 9.92. The second kappa shape index (κ2) is 12.2. The number of aryl methyl sites for hydroxylation is 1. The number of ether oxygens (including phenoxy) is 1. The summed E-state index contributed by atoms with van der Waals surface area (Å²) in [4.78, 5) is 29.0. The van der Waals surface area contributed by atoms with Crippen LogP contribution in [0.4, 0.5) is 5.69 Å². The first-order chi connectivity index (χ1) is 19.2. The zero-order chi connectivity index (χ0) is 29.9. The highest BCUT2D eigenvalue weighted by atomic mass is 35.5. The molecule has 10 heteroatoms. The topological polar surface area (TPSA) is 110 Å². The number of hydrogen-bond donors (Lipinski definition) is 1. The minimum Gasteiger partial charge on any atom is -0.459 e. The van der Waals surface area contributed by atoms with E-state index >= 15 is 0 Å². The number of hydrogen-bond acceptors (Lipinski definition) is 6. The fourth-order valence-electron chi connectivity index (χ4n) is 4.97. The standard InChI is InChI=1S/C31H36ClN3O5S/c1-21(25-10-12-27(32)13-11-25)35-14-6-9-22-7-5-8-23(15-22)19-31(2,33)30(37)40-20-24-16-26(29(35)36)18-28(17-24)34(3)41(4,38)39/h5,7-8,10-13,15-18,21H,6,9,14,19-20,33H2,1-4H3/t21-,31?/m1/s1. The van der Waals surface area contributed by atoms with E-state index in [1.165, 1.54) is 7.05 Å². The van der Waals surface area contributed by atoms with E-state index in [1.807, 2.05) is 43.3 Å². The monoisotopic (exact) mass is 597 g/mol. The van der Waals surface area contributed by atoms with Crippen LogP contribution in [0.2, 0.25) is 5.02 Å². The number of cyclic esters (lactones) is 1. The van der Waals surface area contributed by atoms with Crippen LogP contribution in [-0.2, 0) is 39.0 Å². The average Bonchev–Trinajstić information content (AvgIpc) is 2.92. The number of amides is 1. The fourth-order valence-corrected chi connectivity index (χ4v) is 5.59. The second-order valence-corrected chi connectivity index (χ2v) is 13.4. The molecule has 1 unspecified atom stereocenters. The van der Waals surface area contributed by atoms with Gasteiger partial charge in [-0.05, 0) is 79.3 Å². The summed E-state index contributed by atoms with van der Waals surface area (Å²) in [7, 11) is -2.21. The Morgan fingerprint density at radius 1 is 1.02 bits per heavy atom. The predicted octanol–water partition coefficient (Wildman–Crippen LogP) is 4.89. The Hall–Kier alpha value is -3.40. The molecule has 0 spiro atoms. The summed E-state index contributed by atoms with van der Waals surface area (Å²) < 4.78 is 31.5. The van der Waals surface area contributed by atoms with Gasteiger partial charge < -0.3 is 15.4 Å². The van der Waals surface area contributed by atoms with Crippen molar-refractivity contribution in [3.8, 4) is 0 Å². The van der Waals surface area contributed by atoms with Crippen molar-refractivity contribution in [3.63, 3.8) is 0 Å². The number of carbonyl (C=O) groups excluding carboxylic acids is 2. The molecule has 8 nitrogen and oxygen atoms in total. The van der Waals surface area contributed by atoms with Crippen LogP contribution >= 0.6 is 11.6 Å². The molecular weight excluding hydrogens is 562 g/mol. The maximum absolute atomic E-state index is 14.2. The lowest BCUT2D eigenvalue weighted by Crippen LogP contribution is -2.48. The molecule has 3 aromatic carbocycles. The normalized spacial score (nSPS) is 19.4. The molecule has 0 saturated heterocycles. The lowest BCUT2D eigenvalue weighted by molar-refractivity contribution is -0.150. The van der Waals surface area contributed by atoms with Crippen LogP contribution in [0.1, 0.15) is 58.9 Å². The highest BCUT2D eigenvalue weighted by Gasteiger charge is 2.31. The summed E-state index contributed by atoms with van der Waals surface area (Å²) in [6.45, 7) is 3.86. The molecule has 1 aliphatic heterocycles. The molecular formula is C31H36ClN3O5S. The molecule has 1 aliphatic rings. The van der Waals surface area contributed by atoms with E-state index in [9.17, 15) is 18.0 Å². The van der Waals surface area contributed by atoms with E-state index in [1.54, 1.807) is 42.2 Å². The third-order valence-corrected chi connectivity index (χ3v) is 8.89. The Morgan fingerprint density at radius 2 is 1.71 bits per heavy atom. The van der Waals surface area contributed by atoms with E-state index in [0.29, 0.717) is 36.4 Å². The molecule has 0 aliphatic carbocycles. The smallest absolute Gasteiger partial charge is 0.326 e. The summed E-state index contributed by atoms with van der Waals surface area (Å²) in [5.41, 5.74) is 9.06. The maximum Gasteiger partial charge on any atom is 0.326 e. The molecule has 4 rings (SSSR count). The summed E-state index contributed by atoms with van der Waals surface area (Å²) in [5.74, 6) is -0.865. The van der Waals surface area contributed by atoms with Crippen molar-refractivity contribution in [3.05, 3.63) is 99.6 Å². The van der Waals surface area contributed by atoms with Crippen LogP contribution in [0, 0.1) is 0 Å². The number of anilines is 1. The highest BCUT2D eigenvalue weighted by molar-refractivity contribution is 7.92. The molecule has 218 valence electrons. The van der Waals surface area contributed by atoms with Crippen LogP contribution in [0.25, 0.3) is 0 Å². The SMILES string of the molecule is C[C@H](c1ccc(Cl)cc1)N1CCCc2cccc(c2)CC(C)(N)C(=O)OCc2cc(cc(N(C)S(C)(=O)=O)c2)C1=O. The quantitative estimate of drug-likeness (QED) is 0.429. The van der Waals surface area contributed by atoms with Gasteiger partial charge in [-0.15, -0.1) is 0 Å². The van der Waals surface area contributed by atoms with Gasteiger partial charge in [-0.3, -0.25) is 13.9 Å². The van der Waals surface area contributed by atoms with E-state index in [2.05, 4.69) is 0 Å². The Labute approximate surface area is 247 Å². The number of nitrogens with two attached hydrogens (primary N) is 1. The van der Waals surface area contributed by atoms with Gasteiger partial charge in [-0.1, -0.05) is 48.0 Å².